The number of benzene rings is 1. The molecule has 2 fully saturated rings. The monoisotopic (exact) mass is 393 g/mol. The van der Waals surface area contributed by atoms with E-state index >= 15 is 0 Å². The van der Waals surface area contributed by atoms with Crippen molar-refractivity contribution in [3.8, 4) is 0 Å². The maximum Gasteiger partial charge on any atom is 0.243 e. The van der Waals surface area contributed by atoms with Gasteiger partial charge in [0.25, 0.3) is 0 Å². The zero-order valence-corrected chi connectivity index (χ0v) is 17.0. The Hall–Kier alpha value is -1.44. The summed E-state index contributed by atoms with van der Waals surface area (Å²) < 4.78 is 27.0. The molecule has 1 saturated carbocycles. The lowest BCUT2D eigenvalue weighted by atomic mass is 10.1. The zero-order chi connectivity index (χ0) is 19.3. The third kappa shape index (κ3) is 5.09. The molecular weight excluding hydrogens is 362 g/mol. The summed E-state index contributed by atoms with van der Waals surface area (Å²) >= 11 is 0. The van der Waals surface area contributed by atoms with E-state index in [-0.39, 0.29) is 11.9 Å². The molecule has 1 heterocycles. The van der Waals surface area contributed by atoms with E-state index in [1.54, 1.807) is 24.3 Å². The second-order valence-corrected chi connectivity index (χ2v) is 9.56. The SMILES string of the molecule is C[C@H](C(=O)NC1CCCCCC1)N1CCN(S(=O)(=O)c2ccccc2)CC1. The zero-order valence-electron chi connectivity index (χ0n) is 16.1. The van der Waals surface area contributed by atoms with Crippen molar-refractivity contribution in [1.29, 1.82) is 0 Å². The van der Waals surface area contributed by atoms with E-state index in [1.807, 2.05) is 13.0 Å². The summed E-state index contributed by atoms with van der Waals surface area (Å²) in [6, 6.07) is 8.61. The average Bonchev–Trinajstić information content (AvgIpc) is 2.97. The van der Waals surface area contributed by atoms with Gasteiger partial charge in [-0.05, 0) is 31.9 Å². The summed E-state index contributed by atoms with van der Waals surface area (Å²) in [6.07, 6.45) is 7.05. The first-order valence-electron chi connectivity index (χ1n) is 10.1. The van der Waals surface area contributed by atoms with Crippen LogP contribution >= 0.6 is 0 Å². The number of hydrogen-bond donors (Lipinski definition) is 1. The van der Waals surface area contributed by atoms with Crippen molar-refractivity contribution in [3.63, 3.8) is 0 Å². The molecule has 1 aromatic carbocycles. The van der Waals surface area contributed by atoms with E-state index < -0.39 is 10.0 Å². The third-order valence-electron chi connectivity index (χ3n) is 5.78. The summed E-state index contributed by atoms with van der Waals surface area (Å²) in [6.45, 7) is 3.90. The Labute approximate surface area is 163 Å². The molecule has 0 unspecified atom stereocenters. The van der Waals surface area contributed by atoms with Crippen LogP contribution in [0.3, 0.4) is 0 Å². The minimum atomic E-state index is -3.45. The second kappa shape index (κ2) is 9.17. The Morgan fingerprint density at radius 3 is 2.19 bits per heavy atom. The molecule has 1 aliphatic carbocycles. The van der Waals surface area contributed by atoms with Crippen LogP contribution in [0.25, 0.3) is 0 Å². The molecule has 6 nitrogen and oxygen atoms in total. The summed E-state index contributed by atoms with van der Waals surface area (Å²) in [4.78, 5) is 15.1. The lowest BCUT2D eigenvalue weighted by Gasteiger charge is -2.37. The number of sulfonamides is 1. The first-order valence-corrected chi connectivity index (χ1v) is 11.5. The topological polar surface area (TPSA) is 69.7 Å². The van der Waals surface area contributed by atoms with Crippen LogP contribution in [0, 0.1) is 0 Å². The van der Waals surface area contributed by atoms with Crippen molar-refractivity contribution in [2.45, 2.75) is 62.4 Å². The van der Waals surface area contributed by atoms with Crippen LogP contribution in [0.1, 0.15) is 45.4 Å². The Morgan fingerprint density at radius 2 is 1.59 bits per heavy atom. The normalized spacial score (nSPS) is 22.1. The number of rotatable bonds is 5. The molecule has 0 bridgehead atoms. The van der Waals surface area contributed by atoms with E-state index in [1.165, 1.54) is 30.0 Å². The van der Waals surface area contributed by atoms with Gasteiger partial charge < -0.3 is 5.32 Å². The Bertz CT molecular complexity index is 707. The van der Waals surface area contributed by atoms with Gasteiger partial charge in [0.15, 0.2) is 0 Å². The van der Waals surface area contributed by atoms with Gasteiger partial charge in [-0.1, -0.05) is 43.9 Å². The number of hydrogen-bond acceptors (Lipinski definition) is 4. The minimum Gasteiger partial charge on any atom is -0.352 e. The van der Waals surface area contributed by atoms with Gasteiger partial charge in [0.2, 0.25) is 15.9 Å². The van der Waals surface area contributed by atoms with Gasteiger partial charge in [0.05, 0.1) is 10.9 Å². The predicted molar refractivity (Wildman–Crippen MR) is 106 cm³/mol. The van der Waals surface area contributed by atoms with Crippen LogP contribution in [0.2, 0.25) is 0 Å². The number of amides is 1. The molecule has 7 heteroatoms. The molecule has 0 spiro atoms. The van der Waals surface area contributed by atoms with Crippen molar-refractivity contribution < 1.29 is 13.2 Å². The molecule has 3 rings (SSSR count). The maximum absolute atomic E-state index is 12.7. The van der Waals surface area contributed by atoms with Gasteiger partial charge in [-0.25, -0.2) is 8.42 Å². The standard InChI is InChI=1S/C20H31N3O3S/c1-17(20(24)21-18-9-5-2-3-6-10-18)22-13-15-23(16-14-22)27(25,26)19-11-7-4-8-12-19/h4,7-8,11-12,17-18H,2-3,5-6,9-10,13-16H2,1H3,(H,21,24)/t17-/m1/s1. The van der Waals surface area contributed by atoms with Crippen molar-refractivity contribution >= 4 is 15.9 Å². The molecule has 1 aromatic rings. The highest BCUT2D eigenvalue weighted by Gasteiger charge is 2.32. The van der Waals surface area contributed by atoms with Crippen molar-refractivity contribution in [2.24, 2.45) is 0 Å². The number of carbonyl (C=O) groups is 1. The van der Waals surface area contributed by atoms with Gasteiger partial charge in [-0.2, -0.15) is 4.31 Å². The molecule has 27 heavy (non-hydrogen) atoms. The van der Waals surface area contributed by atoms with Crippen molar-refractivity contribution in [1.82, 2.24) is 14.5 Å². The quantitative estimate of drug-likeness (QED) is 0.779. The molecule has 0 radical (unpaired) electrons. The number of carbonyl (C=O) groups excluding carboxylic acids is 1. The molecule has 150 valence electrons. The number of nitrogens with zero attached hydrogens (tertiary/aromatic N) is 2. The summed E-state index contributed by atoms with van der Waals surface area (Å²) in [5.74, 6) is 0.0706. The highest BCUT2D eigenvalue weighted by Crippen LogP contribution is 2.19. The van der Waals surface area contributed by atoms with Crippen LogP contribution in [-0.4, -0.2) is 61.8 Å². The molecular formula is C20H31N3O3S. The Balaban J connectivity index is 1.53. The van der Waals surface area contributed by atoms with Crippen molar-refractivity contribution in [2.75, 3.05) is 26.2 Å². The van der Waals surface area contributed by atoms with Crippen LogP contribution in [-0.2, 0) is 14.8 Å². The molecule has 1 N–H and O–H groups in total. The molecule has 1 atom stereocenters. The lowest BCUT2D eigenvalue weighted by Crippen LogP contribution is -2.55. The summed E-state index contributed by atoms with van der Waals surface area (Å²) in [5.41, 5.74) is 0. The van der Waals surface area contributed by atoms with E-state index in [4.69, 9.17) is 0 Å². The minimum absolute atomic E-state index is 0.0706. The van der Waals surface area contributed by atoms with E-state index in [0.29, 0.717) is 37.1 Å². The predicted octanol–water partition coefficient (Wildman–Crippen LogP) is 2.22. The van der Waals surface area contributed by atoms with E-state index in [0.717, 1.165) is 12.8 Å². The average molecular weight is 394 g/mol. The fourth-order valence-corrected chi connectivity index (χ4v) is 5.43. The van der Waals surface area contributed by atoms with E-state index in [9.17, 15) is 13.2 Å². The maximum atomic E-state index is 12.7. The lowest BCUT2D eigenvalue weighted by molar-refractivity contribution is -0.127. The van der Waals surface area contributed by atoms with Crippen LogP contribution in [0.4, 0.5) is 0 Å². The molecule has 1 saturated heterocycles. The molecule has 0 aromatic heterocycles. The van der Waals surface area contributed by atoms with Gasteiger partial charge in [-0.3, -0.25) is 9.69 Å². The fourth-order valence-electron chi connectivity index (χ4n) is 3.98. The van der Waals surface area contributed by atoms with Crippen LogP contribution in [0.15, 0.2) is 35.2 Å². The first-order chi connectivity index (χ1) is 13.0. The second-order valence-electron chi connectivity index (χ2n) is 7.63. The Morgan fingerprint density at radius 1 is 1.00 bits per heavy atom. The van der Waals surface area contributed by atoms with E-state index in [2.05, 4.69) is 10.2 Å². The fraction of sp³-hybridized carbons (Fsp3) is 0.650. The number of nitrogens with one attached hydrogen (secondary N) is 1. The van der Waals surface area contributed by atoms with Gasteiger partial charge in [-0.15, -0.1) is 0 Å². The van der Waals surface area contributed by atoms with Gasteiger partial charge in [0, 0.05) is 32.2 Å². The van der Waals surface area contributed by atoms with Crippen LogP contribution < -0.4 is 5.32 Å². The summed E-state index contributed by atoms with van der Waals surface area (Å²) in [7, 11) is -3.45. The van der Waals surface area contributed by atoms with Gasteiger partial charge in [0.1, 0.15) is 0 Å². The van der Waals surface area contributed by atoms with Crippen molar-refractivity contribution in [3.05, 3.63) is 30.3 Å². The highest BCUT2D eigenvalue weighted by molar-refractivity contribution is 7.89. The Kier molecular flexibility index (Phi) is 6.89. The first kappa shape index (κ1) is 20.3. The largest absolute Gasteiger partial charge is 0.352 e. The van der Waals surface area contributed by atoms with Gasteiger partial charge >= 0.3 is 0 Å². The molecule has 1 amide bonds. The molecule has 2 aliphatic rings. The third-order valence-corrected chi connectivity index (χ3v) is 7.70. The molecule has 1 aliphatic heterocycles. The van der Waals surface area contributed by atoms with Crippen LogP contribution in [0.5, 0.6) is 0 Å². The number of piperazine rings is 1. The smallest absolute Gasteiger partial charge is 0.243 e. The highest BCUT2D eigenvalue weighted by atomic mass is 32.2. The summed E-state index contributed by atoms with van der Waals surface area (Å²) in [5, 5.41) is 3.21.